The molecule has 350 valence electrons. The van der Waals surface area contributed by atoms with E-state index in [0.29, 0.717) is 12.8 Å². The van der Waals surface area contributed by atoms with Crippen LogP contribution in [0, 0.1) is 0 Å². The summed E-state index contributed by atoms with van der Waals surface area (Å²) >= 11 is 0. The van der Waals surface area contributed by atoms with Crippen LogP contribution in [-0.4, -0.2) is 75.5 Å². The smallest absolute Gasteiger partial charge is 0.306 e. The van der Waals surface area contributed by atoms with E-state index in [2.05, 4.69) is 86.8 Å². The van der Waals surface area contributed by atoms with Crippen molar-refractivity contribution >= 4 is 17.9 Å². The molecule has 61 heavy (non-hydrogen) atoms. The van der Waals surface area contributed by atoms with Gasteiger partial charge in [0.25, 0.3) is 0 Å². The highest BCUT2D eigenvalue weighted by Crippen LogP contribution is 2.13. The van der Waals surface area contributed by atoms with Crippen LogP contribution in [0.25, 0.3) is 0 Å². The van der Waals surface area contributed by atoms with Crippen molar-refractivity contribution in [3.63, 3.8) is 0 Å². The zero-order valence-electron chi connectivity index (χ0n) is 39.8. The third-order valence-corrected chi connectivity index (χ3v) is 10.6. The van der Waals surface area contributed by atoms with E-state index in [1.54, 1.807) is 21.1 Å². The van der Waals surface area contributed by atoms with E-state index in [1.807, 2.05) is 0 Å². The normalized spacial score (nSPS) is 13.5. The number of unbranched alkanes of at least 4 members (excludes halogenated alkanes) is 18. The Balaban J connectivity index is 4.37. The average Bonchev–Trinajstić information content (AvgIpc) is 3.22. The van der Waals surface area contributed by atoms with Crippen molar-refractivity contribution in [3.8, 4) is 0 Å². The van der Waals surface area contributed by atoms with Gasteiger partial charge in [0.2, 0.25) is 0 Å². The van der Waals surface area contributed by atoms with Gasteiger partial charge in [-0.15, -0.1) is 0 Å². The van der Waals surface area contributed by atoms with Gasteiger partial charge in [-0.05, 0) is 83.5 Å². The maximum atomic E-state index is 12.7. The summed E-state index contributed by atoms with van der Waals surface area (Å²) in [5, 5.41) is 11.6. The number of aliphatic carboxylic acids is 1. The lowest BCUT2D eigenvalue weighted by molar-refractivity contribution is -0.889. The van der Waals surface area contributed by atoms with Gasteiger partial charge >= 0.3 is 11.9 Å². The minimum atomic E-state index is -1.13. The van der Waals surface area contributed by atoms with Crippen LogP contribution in [0.1, 0.15) is 194 Å². The van der Waals surface area contributed by atoms with Crippen LogP contribution in [0.2, 0.25) is 0 Å². The van der Waals surface area contributed by atoms with Gasteiger partial charge in [0, 0.05) is 19.3 Å². The van der Waals surface area contributed by atoms with E-state index in [4.69, 9.17) is 14.2 Å². The number of hydrogen-bond acceptors (Lipinski definition) is 7. The molecule has 0 aromatic heterocycles. The van der Waals surface area contributed by atoms with Crippen molar-refractivity contribution in [1.82, 2.24) is 0 Å². The molecular weight excluding hydrogens is 763 g/mol. The number of quaternary nitrogens is 1. The summed E-state index contributed by atoms with van der Waals surface area (Å²) in [4.78, 5) is 37.0. The van der Waals surface area contributed by atoms with Gasteiger partial charge in [-0.25, -0.2) is 0 Å². The lowest BCUT2D eigenvalue weighted by Gasteiger charge is -2.34. The zero-order valence-corrected chi connectivity index (χ0v) is 39.8. The molecule has 0 aromatic carbocycles. The number of likely N-dealkylation sites (N-methyl/N-ethyl adjacent to an activating group) is 1. The molecule has 0 aliphatic rings. The van der Waals surface area contributed by atoms with E-state index >= 15 is 0 Å². The van der Waals surface area contributed by atoms with Crippen LogP contribution in [0.4, 0.5) is 0 Å². The van der Waals surface area contributed by atoms with Gasteiger partial charge in [0.15, 0.2) is 6.10 Å². The molecule has 0 radical (unpaired) electrons. The summed E-state index contributed by atoms with van der Waals surface area (Å²) in [6.45, 7) is 4.58. The Bertz CT molecular complexity index is 1230. The Kier molecular flexibility index (Phi) is 41.1. The number of esters is 2. The van der Waals surface area contributed by atoms with Crippen molar-refractivity contribution in [2.45, 2.75) is 206 Å². The molecule has 0 aliphatic carbocycles. The van der Waals surface area contributed by atoms with E-state index in [1.165, 1.54) is 70.6 Å². The van der Waals surface area contributed by atoms with Crippen LogP contribution in [0.15, 0.2) is 72.9 Å². The number of carbonyl (C=O) groups excluding carboxylic acids is 3. The van der Waals surface area contributed by atoms with Crippen LogP contribution in [0.5, 0.6) is 0 Å². The number of rotatable bonds is 43. The SMILES string of the molecule is CCCCC/C=C/C/C=C/C/C=C/C/C=C/CCCCCCCC(=O)OCC(COCCC(C(=O)[O-])[N+](C)(C)C)OC(=O)CCCCC/C=C/C=C/CCCCCCCCC. The summed E-state index contributed by atoms with van der Waals surface area (Å²) in [6, 6.07) is -0.737. The standard InChI is InChI=1S/C53H91NO7/c1-6-8-10-12-14-16-18-20-22-24-25-26-27-28-30-31-33-35-37-39-41-43-51(55)60-48-49(47-59-46-45-50(53(57)58)54(3,4)5)61-52(56)44-42-40-38-36-34-32-29-23-21-19-17-15-13-11-9-7-2/h14,16,20,22-23,25-26,28-30,32,34,49-50H,6-13,15,17-19,21,24,27,31,33,35-48H2,1-5H3/b16-14+,22-20+,26-25+,29-23+,30-28+,34-32+. The van der Waals surface area contributed by atoms with Gasteiger partial charge in [-0.3, -0.25) is 9.59 Å². The predicted molar refractivity (Wildman–Crippen MR) is 254 cm³/mol. The monoisotopic (exact) mass is 854 g/mol. The number of allylic oxidation sites excluding steroid dienone is 12. The fraction of sp³-hybridized carbons (Fsp3) is 0.717. The van der Waals surface area contributed by atoms with Crippen molar-refractivity contribution in [2.75, 3.05) is 41.0 Å². The van der Waals surface area contributed by atoms with Crippen LogP contribution >= 0.6 is 0 Å². The molecule has 2 unspecified atom stereocenters. The van der Waals surface area contributed by atoms with E-state index in [-0.39, 0.29) is 49.1 Å². The quantitative estimate of drug-likeness (QED) is 0.0198. The molecule has 0 heterocycles. The van der Waals surface area contributed by atoms with Gasteiger partial charge in [-0.2, -0.15) is 0 Å². The number of carbonyl (C=O) groups is 3. The van der Waals surface area contributed by atoms with Gasteiger partial charge in [0.1, 0.15) is 12.6 Å². The molecule has 0 saturated carbocycles. The lowest BCUT2D eigenvalue weighted by Crippen LogP contribution is -2.55. The van der Waals surface area contributed by atoms with Gasteiger partial charge < -0.3 is 28.6 Å². The summed E-state index contributed by atoms with van der Waals surface area (Å²) < 4.78 is 17.2. The minimum Gasteiger partial charge on any atom is -0.544 e. The second kappa shape index (κ2) is 43.4. The molecule has 0 spiro atoms. The number of carboxylic acid groups (broad SMARTS) is 1. The van der Waals surface area contributed by atoms with E-state index < -0.39 is 18.1 Å². The van der Waals surface area contributed by atoms with Crippen molar-refractivity contribution in [1.29, 1.82) is 0 Å². The zero-order chi connectivity index (χ0) is 44.9. The number of ether oxygens (including phenoxy) is 3. The van der Waals surface area contributed by atoms with Gasteiger partial charge in [0.05, 0.1) is 40.3 Å². The first-order valence-electron chi connectivity index (χ1n) is 24.5. The Hall–Kier alpha value is -3.23. The molecule has 0 aromatic rings. The first-order valence-corrected chi connectivity index (χ1v) is 24.5. The largest absolute Gasteiger partial charge is 0.544 e. The number of carboxylic acids is 1. The first kappa shape index (κ1) is 57.8. The van der Waals surface area contributed by atoms with Crippen molar-refractivity contribution in [2.24, 2.45) is 0 Å². The molecule has 0 N–H and O–H groups in total. The molecule has 8 nitrogen and oxygen atoms in total. The number of nitrogens with zero attached hydrogens (tertiary/aromatic N) is 1. The molecule has 0 rings (SSSR count). The Morgan fingerprint density at radius 2 is 0.918 bits per heavy atom. The minimum absolute atomic E-state index is 0.0205. The molecule has 0 bridgehead atoms. The summed E-state index contributed by atoms with van der Waals surface area (Å²) in [5.74, 6) is -1.80. The highest BCUT2D eigenvalue weighted by atomic mass is 16.6. The number of hydrogen-bond donors (Lipinski definition) is 0. The fourth-order valence-corrected chi connectivity index (χ4v) is 6.75. The lowest BCUT2D eigenvalue weighted by atomic mass is 10.1. The third kappa shape index (κ3) is 41.9. The molecule has 0 fully saturated rings. The molecule has 2 atom stereocenters. The maximum Gasteiger partial charge on any atom is 0.306 e. The van der Waals surface area contributed by atoms with Crippen LogP contribution in [-0.2, 0) is 28.6 Å². The summed E-state index contributed by atoms with van der Waals surface area (Å²) in [5.41, 5.74) is 0. The van der Waals surface area contributed by atoms with Gasteiger partial charge in [-0.1, -0.05) is 164 Å². The average molecular weight is 854 g/mol. The highest BCUT2D eigenvalue weighted by Gasteiger charge is 2.25. The molecule has 0 amide bonds. The summed E-state index contributed by atoms with van der Waals surface area (Å²) in [7, 11) is 5.39. The van der Waals surface area contributed by atoms with E-state index in [0.717, 1.165) is 83.5 Å². The second-order valence-electron chi connectivity index (χ2n) is 17.4. The Morgan fingerprint density at radius 1 is 0.508 bits per heavy atom. The molecular formula is C53H91NO7. The second-order valence-corrected chi connectivity index (χ2v) is 17.4. The van der Waals surface area contributed by atoms with Crippen LogP contribution in [0.3, 0.4) is 0 Å². The third-order valence-electron chi connectivity index (χ3n) is 10.6. The fourth-order valence-electron chi connectivity index (χ4n) is 6.75. The molecule has 8 heteroatoms. The maximum absolute atomic E-state index is 12.7. The summed E-state index contributed by atoms with van der Waals surface area (Å²) in [6.07, 6.45) is 55.0. The van der Waals surface area contributed by atoms with Crippen molar-refractivity contribution < 1.29 is 38.2 Å². The Labute approximate surface area is 374 Å². The molecule has 0 aliphatic heterocycles. The van der Waals surface area contributed by atoms with E-state index in [9.17, 15) is 19.5 Å². The van der Waals surface area contributed by atoms with Crippen molar-refractivity contribution in [3.05, 3.63) is 72.9 Å². The first-order chi connectivity index (χ1) is 29.6. The predicted octanol–water partition coefficient (Wildman–Crippen LogP) is 12.6. The topological polar surface area (TPSA) is 102 Å². The highest BCUT2D eigenvalue weighted by molar-refractivity contribution is 5.70. The Morgan fingerprint density at radius 3 is 1.43 bits per heavy atom. The van der Waals surface area contributed by atoms with Crippen LogP contribution < -0.4 is 5.11 Å². The molecule has 0 saturated heterocycles.